The first-order valence-corrected chi connectivity index (χ1v) is 9.04. The van der Waals surface area contributed by atoms with Gasteiger partial charge in [-0.25, -0.2) is 35.5 Å². The number of rotatable bonds is 6. The Balaban J connectivity index is 0. The van der Waals surface area contributed by atoms with E-state index in [2.05, 4.69) is 56.7 Å². The molecule has 24 heavy (non-hydrogen) atoms. The topological polar surface area (TPSA) is 9.23 Å². The molecule has 0 bridgehead atoms. The van der Waals surface area contributed by atoms with Crippen LogP contribution in [0.3, 0.4) is 0 Å². The second-order valence-electron chi connectivity index (χ2n) is 6.29. The van der Waals surface area contributed by atoms with E-state index >= 15 is 0 Å². The molecule has 0 aromatic rings. The van der Waals surface area contributed by atoms with E-state index in [1.807, 2.05) is 0 Å². The molecular formula is C22H36HfO-2. The van der Waals surface area contributed by atoms with Gasteiger partial charge in [-0.2, -0.15) is 11.1 Å². The van der Waals surface area contributed by atoms with E-state index in [0.29, 0.717) is 0 Å². The Kier molecular flexibility index (Phi) is 19.1. The number of ether oxygens (including phenoxy) is 1. The third-order valence-corrected chi connectivity index (χ3v) is 3.66. The molecule has 0 unspecified atom stereocenters. The van der Waals surface area contributed by atoms with Crippen molar-refractivity contribution in [2.75, 3.05) is 14.2 Å². The SMILES string of the molecule is CCCCC1=CCC(C)=[C-]1.CCCCC1=CCC(C)=[C-]1.COC.[Hf]. The number of hydrogen-bond donors (Lipinski definition) is 0. The van der Waals surface area contributed by atoms with Crippen LogP contribution in [0.25, 0.3) is 0 Å². The average Bonchev–Trinajstić information content (AvgIpc) is 3.13. The summed E-state index contributed by atoms with van der Waals surface area (Å²) in [5, 5.41) is 0. The zero-order valence-electron chi connectivity index (χ0n) is 16.7. The molecule has 0 aliphatic heterocycles. The molecule has 0 radical (unpaired) electrons. The molecule has 0 heterocycles. The van der Waals surface area contributed by atoms with Gasteiger partial charge in [-0.05, 0) is 0 Å². The number of unbranched alkanes of at least 4 members (excludes halogenated alkanes) is 2. The Morgan fingerprint density at radius 3 is 1.38 bits per heavy atom. The molecule has 2 aliphatic carbocycles. The largest absolute Gasteiger partial charge is 0.388 e. The van der Waals surface area contributed by atoms with Crippen LogP contribution in [0.1, 0.15) is 79.1 Å². The molecule has 2 heteroatoms. The number of allylic oxidation sites excluding steroid dienone is 8. The molecule has 0 atom stereocenters. The molecule has 2 rings (SSSR count). The van der Waals surface area contributed by atoms with Gasteiger partial charge in [0.05, 0.1) is 0 Å². The first-order chi connectivity index (χ1) is 11.1. The molecule has 0 fully saturated rings. The minimum Gasteiger partial charge on any atom is -0.388 e. The van der Waals surface area contributed by atoms with Crippen LogP contribution in [0.15, 0.2) is 34.4 Å². The Morgan fingerprint density at radius 2 is 1.17 bits per heavy atom. The fraction of sp³-hybridized carbons (Fsp3) is 0.636. The summed E-state index contributed by atoms with van der Waals surface area (Å²) in [6.07, 6.45) is 21.3. The fourth-order valence-electron chi connectivity index (χ4n) is 2.37. The van der Waals surface area contributed by atoms with Gasteiger partial charge >= 0.3 is 0 Å². The van der Waals surface area contributed by atoms with Gasteiger partial charge in [-0.3, -0.25) is 0 Å². The summed E-state index contributed by atoms with van der Waals surface area (Å²) in [6.45, 7) is 8.75. The van der Waals surface area contributed by atoms with E-state index in [9.17, 15) is 0 Å². The smallest absolute Gasteiger partial charge is 0.0351 e. The van der Waals surface area contributed by atoms with Gasteiger partial charge in [0.25, 0.3) is 0 Å². The van der Waals surface area contributed by atoms with Crippen molar-refractivity contribution in [2.45, 2.75) is 79.1 Å². The van der Waals surface area contributed by atoms with Crippen LogP contribution in [-0.2, 0) is 30.6 Å². The first-order valence-electron chi connectivity index (χ1n) is 9.04. The van der Waals surface area contributed by atoms with Gasteiger partial charge in [-0.1, -0.05) is 79.1 Å². The Morgan fingerprint density at radius 1 is 0.833 bits per heavy atom. The third kappa shape index (κ3) is 14.2. The van der Waals surface area contributed by atoms with Crippen molar-refractivity contribution in [3.05, 3.63) is 46.6 Å². The van der Waals surface area contributed by atoms with Crippen LogP contribution < -0.4 is 0 Å². The zero-order chi connectivity index (χ0) is 17.5. The molecular weight excluding hydrogens is 459 g/mol. The normalized spacial score (nSPS) is 14.9. The van der Waals surface area contributed by atoms with Crippen molar-refractivity contribution in [1.82, 2.24) is 0 Å². The van der Waals surface area contributed by atoms with Gasteiger partial charge in [0.2, 0.25) is 0 Å². The molecule has 0 N–H and O–H groups in total. The van der Waals surface area contributed by atoms with Crippen LogP contribution in [0.4, 0.5) is 0 Å². The minimum atomic E-state index is 0. The van der Waals surface area contributed by atoms with Crippen molar-refractivity contribution in [3.63, 3.8) is 0 Å². The summed E-state index contributed by atoms with van der Waals surface area (Å²) >= 11 is 0. The Bertz CT molecular complexity index is 387. The van der Waals surface area contributed by atoms with Crippen LogP contribution in [0.5, 0.6) is 0 Å². The zero-order valence-corrected chi connectivity index (χ0v) is 20.3. The second-order valence-corrected chi connectivity index (χ2v) is 6.29. The quantitative estimate of drug-likeness (QED) is 0.292. The van der Waals surface area contributed by atoms with Crippen LogP contribution in [-0.4, -0.2) is 14.2 Å². The maximum absolute atomic E-state index is 4.25. The molecule has 0 saturated heterocycles. The van der Waals surface area contributed by atoms with Crippen molar-refractivity contribution in [2.24, 2.45) is 0 Å². The molecule has 0 aromatic heterocycles. The van der Waals surface area contributed by atoms with Crippen molar-refractivity contribution in [3.8, 4) is 0 Å². The summed E-state index contributed by atoms with van der Waals surface area (Å²) in [4.78, 5) is 0. The van der Waals surface area contributed by atoms with Gasteiger partial charge in [0.15, 0.2) is 0 Å². The van der Waals surface area contributed by atoms with Gasteiger partial charge in [0, 0.05) is 40.1 Å². The second kappa shape index (κ2) is 17.6. The van der Waals surface area contributed by atoms with E-state index in [1.54, 1.807) is 14.2 Å². The maximum Gasteiger partial charge on any atom is 0.0351 e. The van der Waals surface area contributed by atoms with Crippen molar-refractivity contribution < 1.29 is 30.6 Å². The molecule has 136 valence electrons. The van der Waals surface area contributed by atoms with Crippen molar-refractivity contribution >= 4 is 0 Å². The Labute approximate surface area is 170 Å². The average molecular weight is 495 g/mol. The predicted octanol–water partition coefficient (Wildman–Crippen LogP) is 6.77. The summed E-state index contributed by atoms with van der Waals surface area (Å²) < 4.78 is 4.25. The molecule has 0 spiro atoms. The Hall–Kier alpha value is -0.210. The summed E-state index contributed by atoms with van der Waals surface area (Å²) in [6, 6.07) is 0. The number of methoxy groups -OCH3 is 1. The van der Waals surface area contributed by atoms with Gasteiger partial charge < -0.3 is 4.74 Å². The molecule has 0 saturated carbocycles. The van der Waals surface area contributed by atoms with Crippen LogP contribution in [0, 0.1) is 12.2 Å². The van der Waals surface area contributed by atoms with Gasteiger partial charge in [-0.15, -0.1) is 0 Å². The van der Waals surface area contributed by atoms with E-state index in [4.69, 9.17) is 0 Å². The van der Waals surface area contributed by atoms with Gasteiger partial charge in [0.1, 0.15) is 0 Å². The third-order valence-electron chi connectivity index (χ3n) is 3.66. The van der Waals surface area contributed by atoms with E-state index in [0.717, 1.165) is 12.8 Å². The number of hydrogen-bond acceptors (Lipinski definition) is 1. The molecule has 0 amide bonds. The van der Waals surface area contributed by atoms with Crippen LogP contribution in [0.2, 0.25) is 0 Å². The molecule has 1 nitrogen and oxygen atoms in total. The summed E-state index contributed by atoms with van der Waals surface area (Å²) in [7, 11) is 3.25. The monoisotopic (exact) mass is 496 g/mol. The van der Waals surface area contributed by atoms with E-state index < -0.39 is 0 Å². The molecule has 2 aliphatic rings. The van der Waals surface area contributed by atoms with E-state index in [1.165, 1.54) is 60.8 Å². The first kappa shape index (κ1) is 26.0. The fourth-order valence-corrected chi connectivity index (χ4v) is 2.37. The summed E-state index contributed by atoms with van der Waals surface area (Å²) in [5.41, 5.74) is 5.65. The van der Waals surface area contributed by atoms with Crippen LogP contribution >= 0.6 is 0 Å². The minimum absolute atomic E-state index is 0. The van der Waals surface area contributed by atoms with E-state index in [-0.39, 0.29) is 25.8 Å². The molecule has 0 aromatic carbocycles. The summed E-state index contributed by atoms with van der Waals surface area (Å²) in [5.74, 6) is 0. The standard InChI is InChI=1S/2C10H15.C2H6O.Hf/c2*1-3-4-5-10-7-6-9(2)8-10;1-3-2;/h2*7H,3-6H2,1-2H3;1-2H3;/q2*-1;;. The predicted molar refractivity (Wildman–Crippen MR) is 102 cm³/mol. The van der Waals surface area contributed by atoms with Crippen molar-refractivity contribution in [1.29, 1.82) is 0 Å². The maximum atomic E-state index is 4.25.